The largest absolute Gasteiger partial charge is 0.0807 e. The molecule has 2 atom stereocenters. The molecular weight excluding hydrogens is 96.1 g/mol. The van der Waals surface area contributed by atoms with E-state index in [4.69, 9.17) is 0 Å². The summed E-state index contributed by atoms with van der Waals surface area (Å²) in [5.74, 6) is 1.82. The zero-order valence-electron chi connectivity index (χ0n) is 4.72. The maximum absolute atomic E-state index is 2.39. The van der Waals surface area contributed by atoms with Crippen molar-refractivity contribution in [3.8, 4) is 0 Å². The SMILES string of the molecule is C1=CC2CC1C1=C2C1. The Morgan fingerprint density at radius 1 is 1.12 bits per heavy atom. The van der Waals surface area contributed by atoms with Gasteiger partial charge in [-0.2, -0.15) is 0 Å². The number of allylic oxidation sites excluding steroid dienone is 4. The maximum Gasteiger partial charge on any atom is -0.000815 e. The van der Waals surface area contributed by atoms with Gasteiger partial charge in [-0.3, -0.25) is 0 Å². The quantitative estimate of drug-likeness (QED) is 0.412. The summed E-state index contributed by atoms with van der Waals surface area (Å²) in [4.78, 5) is 0. The van der Waals surface area contributed by atoms with E-state index in [-0.39, 0.29) is 0 Å². The van der Waals surface area contributed by atoms with Crippen molar-refractivity contribution < 1.29 is 0 Å². The average Bonchev–Trinajstić information content (AvgIpc) is 2.39. The molecule has 0 saturated carbocycles. The van der Waals surface area contributed by atoms with Crippen molar-refractivity contribution in [2.24, 2.45) is 11.8 Å². The van der Waals surface area contributed by atoms with Gasteiger partial charge < -0.3 is 0 Å². The van der Waals surface area contributed by atoms with Gasteiger partial charge in [-0.1, -0.05) is 23.3 Å². The normalized spacial score (nSPS) is 46.0. The van der Waals surface area contributed by atoms with E-state index in [2.05, 4.69) is 12.2 Å². The van der Waals surface area contributed by atoms with Crippen LogP contribution in [0.15, 0.2) is 23.3 Å². The van der Waals surface area contributed by atoms with Crippen LogP contribution in [0.3, 0.4) is 0 Å². The molecule has 0 heterocycles. The van der Waals surface area contributed by atoms with Crippen molar-refractivity contribution in [2.45, 2.75) is 12.8 Å². The third-order valence-corrected chi connectivity index (χ3v) is 2.65. The van der Waals surface area contributed by atoms with Gasteiger partial charge in [-0.25, -0.2) is 0 Å². The van der Waals surface area contributed by atoms with E-state index in [1.54, 1.807) is 11.1 Å². The van der Waals surface area contributed by atoms with Crippen molar-refractivity contribution in [1.82, 2.24) is 0 Å². The summed E-state index contributed by atoms with van der Waals surface area (Å²) in [6.07, 6.45) is 7.60. The number of hydrogen-bond acceptors (Lipinski definition) is 0. The van der Waals surface area contributed by atoms with Crippen LogP contribution >= 0.6 is 0 Å². The highest BCUT2D eigenvalue weighted by molar-refractivity contribution is 5.51. The van der Waals surface area contributed by atoms with E-state index >= 15 is 0 Å². The summed E-state index contributed by atoms with van der Waals surface area (Å²) < 4.78 is 0. The van der Waals surface area contributed by atoms with Gasteiger partial charge in [0.05, 0.1) is 0 Å². The molecule has 8 heavy (non-hydrogen) atoms. The summed E-state index contributed by atoms with van der Waals surface area (Å²) in [7, 11) is 0. The van der Waals surface area contributed by atoms with Crippen molar-refractivity contribution >= 4 is 0 Å². The lowest BCUT2D eigenvalue weighted by atomic mass is 10.0. The first-order valence-electron chi connectivity index (χ1n) is 3.35. The standard InChI is InChI=1S/C8H8/c1-2-6-3-5(1)7-4-8(6)7/h1-2,5-6H,3-4H2. The molecular formula is C8H8. The van der Waals surface area contributed by atoms with Crippen LogP contribution in [-0.4, -0.2) is 0 Å². The van der Waals surface area contributed by atoms with Crippen LogP contribution in [0.5, 0.6) is 0 Å². The minimum atomic E-state index is 0.912. The van der Waals surface area contributed by atoms with Crippen molar-refractivity contribution in [1.29, 1.82) is 0 Å². The first-order chi connectivity index (χ1) is 3.95. The molecule has 0 aromatic heterocycles. The minimum absolute atomic E-state index is 0.912. The molecule has 0 N–H and O–H groups in total. The summed E-state index contributed by atoms with van der Waals surface area (Å²) in [6.45, 7) is 0. The molecule has 0 aromatic rings. The van der Waals surface area contributed by atoms with E-state index in [9.17, 15) is 0 Å². The maximum atomic E-state index is 2.39. The van der Waals surface area contributed by atoms with Crippen molar-refractivity contribution in [3.05, 3.63) is 23.3 Å². The third kappa shape index (κ3) is 0.218. The third-order valence-electron chi connectivity index (χ3n) is 2.65. The lowest BCUT2D eigenvalue weighted by Crippen LogP contribution is -1.90. The van der Waals surface area contributed by atoms with Gasteiger partial charge in [0.15, 0.2) is 0 Å². The van der Waals surface area contributed by atoms with Gasteiger partial charge in [0, 0.05) is 0 Å². The zero-order chi connectivity index (χ0) is 5.14. The molecule has 3 aliphatic rings. The molecule has 3 rings (SSSR count). The highest BCUT2D eigenvalue weighted by Gasteiger charge is 2.43. The van der Waals surface area contributed by atoms with Gasteiger partial charge >= 0.3 is 0 Å². The highest BCUT2D eigenvalue weighted by Crippen LogP contribution is 2.57. The van der Waals surface area contributed by atoms with Gasteiger partial charge in [0.2, 0.25) is 0 Å². The Bertz CT molecular complexity index is 188. The summed E-state index contributed by atoms with van der Waals surface area (Å²) >= 11 is 0. The Kier molecular flexibility index (Phi) is 0.355. The fourth-order valence-electron chi connectivity index (χ4n) is 2.12. The van der Waals surface area contributed by atoms with Gasteiger partial charge in [0.1, 0.15) is 0 Å². The van der Waals surface area contributed by atoms with E-state index in [0.717, 1.165) is 11.8 Å². The van der Waals surface area contributed by atoms with Crippen LogP contribution in [0.1, 0.15) is 12.8 Å². The molecule has 0 saturated heterocycles. The first kappa shape index (κ1) is 3.49. The number of hydrogen-bond donors (Lipinski definition) is 0. The van der Waals surface area contributed by atoms with Crippen LogP contribution in [-0.2, 0) is 0 Å². The van der Waals surface area contributed by atoms with Crippen LogP contribution < -0.4 is 0 Å². The van der Waals surface area contributed by atoms with Crippen molar-refractivity contribution in [3.63, 3.8) is 0 Å². The molecule has 0 heteroatoms. The predicted molar refractivity (Wildman–Crippen MR) is 32.4 cm³/mol. The summed E-state index contributed by atoms with van der Waals surface area (Å²) in [5, 5.41) is 0. The number of rotatable bonds is 0. The summed E-state index contributed by atoms with van der Waals surface area (Å²) in [5.41, 5.74) is 3.58. The molecule has 0 spiro atoms. The van der Waals surface area contributed by atoms with Crippen LogP contribution in [0.25, 0.3) is 0 Å². The van der Waals surface area contributed by atoms with Crippen LogP contribution in [0.2, 0.25) is 0 Å². The zero-order valence-corrected chi connectivity index (χ0v) is 4.72. The molecule has 0 aromatic carbocycles. The van der Waals surface area contributed by atoms with Crippen LogP contribution in [0, 0.1) is 11.8 Å². The first-order valence-corrected chi connectivity index (χ1v) is 3.35. The predicted octanol–water partition coefficient (Wildman–Crippen LogP) is 1.89. The molecule has 0 aliphatic heterocycles. The van der Waals surface area contributed by atoms with E-state index in [1.165, 1.54) is 12.8 Å². The molecule has 2 bridgehead atoms. The van der Waals surface area contributed by atoms with Gasteiger partial charge in [-0.05, 0) is 24.7 Å². The number of fused-ring (bicyclic) bond motifs is 4. The van der Waals surface area contributed by atoms with E-state index in [0.29, 0.717) is 0 Å². The Morgan fingerprint density at radius 2 is 1.75 bits per heavy atom. The Balaban J connectivity index is 2.21. The Hall–Kier alpha value is -0.520. The van der Waals surface area contributed by atoms with Crippen LogP contribution in [0.4, 0.5) is 0 Å². The Morgan fingerprint density at radius 3 is 2.12 bits per heavy atom. The fourth-order valence-corrected chi connectivity index (χ4v) is 2.12. The molecule has 40 valence electrons. The molecule has 0 fully saturated rings. The van der Waals surface area contributed by atoms with E-state index in [1.807, 2.05) is 0 Å². The highest BCUT2D eigenvalue weighted by atomic mass is 14.5. The smallest absolute Gasteiger partial charge is 0.000815 e. The van der Waals surface area contributed by atoms with Gasteiger partial charge in [0.25, 0.3) is 0 Å². The molecule has 0 radical (unpaired) electrons. The van der Waals surface area contributed by atoms with Gasteiger partial charge in [-0.15, -0.1) is 0 Å². The second-order valence-electron chi connectivity index (χ2n) is 3.06. The topological polar surface area (TPSA) is 0 Å². The lowest BCUT2D eigenvalue weighted by molar-refractivity contribution is 0.662. The molecule has 2 unspecified atom stereocenters. The second kappa shape index (κ2) is 0.812. The van der Waals surface area contributed by atoms with E-state index < -0.39 is 0 Å². The minimum Gasteiger partial charge on any atom is -0.0807 e. The summed E-state index contributed by atoms with van der Waals surface area (Å²) in [6, 6.07) is 0. The lowest BCUT2D eigenvalue weighted by Gasteiger charge is -2.00. The molecule has 0 nitrogen and oxygen atoms in total. The second-order valence-corrected chi connectivity index (χ2v) is 3.06. The van der Waals surface area contributed by atoms with Crippen molar-refractivity contribution in [2.75, 3.05) is 0 Å². The Labute approximate surface area is 48.9 Å². The molecule has 3 aliphatic carbocycles. The fraction of sp³-hybridized carbons (Fsp3) is 0.500. The average molecular weight is 104 g/mol. The molecule has 0 amide bonds. The monoisotopic (exact) mass is 104 g/mol.